The van der Waals surface area contributed by atoms with Gasteiger partial charge in [-0.05, 0) is 299 Å². The molecule has 5 aliphatic heterocycles. The maximum Gasteiger partial charge on any atom is 0.232 e. The van der Waals surface area contributed by atoms with Gasteiger partial charge in [-0.15, -0.1) is 0 Å². The van der Waals surface area contributed by atoms with Gasteiger partial charge < -0.3 is 34.7 Å². The number of aromatic nitrogens is 6. The zero-order valence-corrected chi connectivity index (χ0v) is 81.4. The first kappa shape index (κ1) is 100. The lowest BCUT2D eigenvalue weighted by molar-refractivity contribution is -0.283. The molecule has 0 amide bonds. The maximum atomic E-state index is 6.91. The predicted octanol–water partition coefficient (Wildman–Crippen LogP) is 20.6. The molecule has 0 atom stereocenters. The van der Waals surface area contributed by atoms with Gasteiger partial charge in [0.05, 0.1) is 33.0 Å². The highest BCUT2D eigenvalue weighted by atomic mass is 16.7. The Balaban J connectivity index is 1.46. The van der Waals surface area contributed by atoms with Gasteiger partial charge in [0, 0.05) is 138 Å². The lowest BCUT2D eigenvalue weighted by Crippen LogP contribution is -2.65. The zero-order chi connectivity index (χ0) is 86.6. The number of hydroxylamine groups is 10. The average Bonchev–Trinajstić information content (AvgIpc) is 0.756. The van der Waals surface area contributed by atoms with Gasteiger partial charge in [-0.3, -0.25) is 24.2 Å². The van der Waals surface area contributed by atoms with E-state index in [1.54, 1.807) is 0 Å². The Morgan fingerprint density at radius 1 is 0.248 bits per heavy atom. The molecule has 2 aromatic heterocycles. The third kappa shape index (κ3) is 27.0. The molecule has 0 unspecified atom stereocenters. The maximum absolute atomic E-state index is 6.91. The van der Waals surface area contributed by atoms with Gasteiger partial charge in [0.1, 0.15) is 0 Å². The van der Waals surface area contributed by atoms with Crippen molar-refractivity contribution in [1.29, 1.82) is 0 Å². The van der Waals surface area contributed by atoms with Crippen molar-refractivity contribution >= 4 is 35.7 Å². The summed E-state index contributed by atoms with van der Waals surface area (Å²) >= 11 is 0. The first-order valence-electron chi connectivity index (χ1n) is 48.0. The molecule has 7 heterocycles. The number of nitrogens with one attached hydrogen (secondary N) is 1. The van der Waals surface area contributed by atoms with E-state index < -0.39 is 0 Å². The fourth-order valence-corrected chi connectivity index (χ4v) is 21.7. The van der Waals surface area contributed by atoms with E-state index in [1.165, 1.54) is 0 Å². The van der Waals surface area contributed by atoms with Crippen LogP contribution in [0.1, 0.15) is 394 Å². The van der Waals surface area contributed by atoms with Crippen molar-refractivity contribution in [3.8, 4) is 0 Å². The number of hydrogen-bond acceptors (Lipinski definition) is 23. The molecule has 0 aromatic carbocycles. The Morgan fingerprint density at radius 2 is 0.436 bits per heavy atom. The number of hydrogen-bond donors (Lipinski definition) is 1. The molecule has 5 fully saturated rings. The van der Waals surface area contributed by atoms with E-state index in [1.807, 2.05) is 0 Å². The van der Waals surface area contributed by atoms with E-state index in [0.717, 1.165) is 287 Å². The molecule has 678 valence electrons. The summed E-state index contributed by atoms with van der Waals surface area (Å²) in [5.41, 5.74) is -2.65. The molecule has 0 aliphatic carbocycles. The second-order valence-electron chi connectivity index (χ2n) is 42.5. The smallest absolute Gasteiger partial charge is 0.232 e. The molecular formula is C94H182N18O5. The van der Waals surface area contributed by atoms with Gasteiger partial charge in [0.15, 0.2) is 0 Å². The minimum absolute atomic E-state index is 0.0464. The first-order valence-corrected chi connectivity index (χ1v) is 48.0. The Hall–Kier alpha value is -3.62. The Labute approximate surface area is 717 Å². The number of rotatable bonds is 51. The first-order chi connectivity index (χ1) is 55.0. The summed E-state index contributed by atoms with van der Waals surface area (Å²) in [4.78, 5) is 85.1. The van der Waals surface area contributed by atoms with Crippen molar-refractivity contribution in [2.75, 3.05) is 121 Å². The van der Waals surface area contributed by atoms with Crippen LogP contribution in [0.2, 0.25) is 0 Å². The molecule has 23 heteroatoms. The van der Waals surface area contributed by atoms with E-state index >= 15 is 0 Å². The Bertz CT molecular complexity index is 3060. The molecule has 5 aliphatic rings. The fraction of sp³-hybridized carbons (Fsp3) is 0.936. The van der Waals surface area contributed by atoms with Gasteiger partial charge in [0.2, 0.25) is 35.7 Å². The van der Waals surface area contributed by atoms with Crippen molar-refractivity contribution < 1.29 is 24.2 Å². The zero-order valence-electron chi connectivity index (χ0n) is 81.4. The molecule has 0 radical (unpaired) electrons. The normalized spacial score (nSPS) is 21.9. The molecule has 0 spiro atoms. The minimum Gasteiger partial charge on any atom is -0.341 e. The lowest BCUT2D eigenvalue weighted by Gasteiger charge is -2.56. The number of nitrogens with zero attached hydrogens (tertiary/aromatic N) is 17. The lowest BCUT2D eigenvalue weighted by atomic mass is 9.78. The molecule has 23 nitrogen and oxygen atoms in total. The van der Waals surface area contributed by atoms with Crippen LogP contribution in [0.5, 0.6) is 0 Å². The highest BCUT2D eigenvalue weighted by molar-refractivity contribution is 5.51. The molecule has 5 saturated heterocycles. The monoisotopic (exact) mass is 1640 g/mol. The number of unbranched alkanes of at least 4 members (excludes halogenated alkanes) is 7. The number of anilines is 6. The van der Waals surface area contributed by atoms with E-state index in [0.29, 0.717) is 32.5 Å². The minimum atomic E-state index is -0.336. The van der Waals surface area contributed by atoms with Crippen molar-refractivity contribution in [1.82, 2.24) is 60.5 Å². The molecule has 117 heavy (non-hydrogen) atoms. The van der Waals surface area contributed by atoms with Gasteiger partial charge in [-0.1, -0.05) is 101 Å². The second-order valence-corrected chi connectivity index (χ2v) is 42.5. The number of piperidine rings is 5. The van der Waals surface area contributed by atoms with Crippen molar-refractivity contribution in [2.45, 2.75) is 480 Å². The van der Waals surface area contributed by atoms with E-state index in [-0.39, 0.29) is 79.6 Å². The molecule has 0 bridgehead atoms. The summed E-state index contributed by atoms with van der Waals surface area (Å²) < 4.78 is 0. The van der Waals surface area contributed by atoms with Crippen molar-refractivity contribution in [2.24, 2.45) is 0 Å². The van der Waals surface area contributed by atoms with E-state index in [2.05, 4.69) is 268 Å². The third-order valence-electron chi connectivity index (χ3n) is 25.7. The Morgan fingerprint density at radius 3 is 0.658 bits per heavy atom. The largest absolute Gasteiger partial charge is 0.341 e. The second kappa shape index (κ2) is 44.3. The molecule has 0 saturated carbocycles. The van der Waals surface area contributed by atoms with Gasteiger partial charge in [-0.25, -0.2) is 0 Å². The summed E-state index contributed by atoms with van der Waals surface area (Å²) in [6.07, 6.45) is 28.4. The van der Waals surface area contributed by atoms with Gasteiger partial charge in [-0.2, -0.15) is 55.2 Å². The summed E-state index contributed by atoms with van der Waals surface area (Å²) in [6.45, 7) is 81.6. The highest BCUT2D eigenvalue weighted by Gasteiger charge is 2.54. The molecular weight excluding hydrogens is 1460 g/mol. The van der Waals surface area contributed by atoms with Crippen molar-refractivity contribution in [3.63, 3.8) is 0 Å². The van der Waals surface area contributed by atoms with Crippen LogP contribution >= 0.6 is 0 Å². The summed E-state index contributed by atoms with van der Waals surface area (Å²) in [7, 11) is 0. The Kier molecular flexibility index (Phi) is 38.1. The average molecular weight is 1640 g/mol. The quantitative estimate of drug-likeness (QED) is 0.0620. The van der Waals surface area contributed by atoms with Crippen LogP contribution in [-0.4, -0.2) is 233 Å². The van der Waals surface area contributed by atoms with Crippen LogP contribution in [0, 0.1) is 0 Å². The highest BCUT2D eigenvalue weighted by Crippen LogP contribution is 2.48. The molecule has 7 rings (SSSR count). The van der Waals surface area contributed by atoms with Crippen molar-refractivity contribution in [3.05, 3.63) is 0 Å². The van der Waals surface area contributed by atoms with Crippen LogP contribution in [0.15, 0.2) is 0 Å². The van der Waals surface area contributed by atoms with Crippen LogP contribution in [0.4, 0.5) is 35.7 Å². The molecule has 1 N–H and O–H groups in total. The fourth-order valence-electron chi connectivity index (χ4n) is 21.7. The topological polar surface area (TPSA) is 171 Å². The van der Waals surface area contributed by atoms with Gasteiger partial charge in [0.25, 0.3) is 0 Å². The van der Waals surface area contributed by atoms with Crippen LogP contribution < -0.4 is 34.7 Å². The molecule has 2 aromatic rings. The van der Waals surface area contributed by atoms with Crippen LogP contribution in [0.25, 0.3) is 0 Å². The SMILES string of the molecule is CCCCN(CCCC)c1nc(N(CCCC)CCCC)nc(N(CCCCN(c2nc(N(CCCC)C3CC(C)(C)N(OCCC)C(C)(C)C3)nc(N(CCCCNC3CC(C)(C)N(OCCC)C(C)(C)C3)C3CC(C)(C)N(OCCC)C(C)(C)C3)n2)C2CC(C)(C)N(OCCC)C(C)(C)C2)C2CC(C)(C)N(OCCC)C(C)(C)C2)n1. The van der Waals surface area contributed by atoms with E-state index in [4.69, 9.17) is 54.1 Å². The standard InChI is InChI=1S/C94H182N18O5/c1-31-41-51-102(52-42-32-2)79-96-80(103(53-43-33-3)54-44-34-4)98-81(97-79)106(77-70-91(23,24)111(116-62-39-9)92(25,26)71-77)57-48-49-58-107(78-72-93(27,28)112(117-63-40-10)94(29,30)73-78)84-100-82(104(55-45-35-5)75-66-87(15,16)109(114-60-37-7)88(17,18)67-75)99-83(101-84)105(76-68-89(19,20)110(115-61-38-8)90(21,22)69-76)56-47-46-50-95-74-64-85(11,12)108(113-59-36-6)86(13,14)65-74/h74-78,95H,31-73H2,1-30H3. The van der Waals surface area contributed by atoms with Crippen LogP contribution in [0.3, 0.4) is 0 Å². The summed E-state index contributed by atoms with van der Waals surface area (Å²) in [5, 5.41) is 15.8. The predicted molar refractivity (Wildman–Crippen MR) is 491 cm³/mol. The van der Waals surface area contributed by atoms with E-state index in [9.17, 15) is 0 Å². The van der Waals surface area contributed by atoms with Gasteiger partial charge >= 0.3 is 0 Å². The van der Waals surface area contributed by atoms with Crippen LogP contribution in [-0.2, 0) is 24.2 Å². The summed E-state index contributed by atoms with van der Waals surface area (Å²) in [6, 6.07) is 0.730. The summed E-state index contributed by atoms with van der Waals surface area (Å²) in [5.74, 6) is 4.78. The third-order valence-corrected chi connectivity index (χ3v) is 25.7.